The highest BCUT2D eigenvalue weighted by molar-refractivity contribution is 5.95. The molecule has 0 aromatic carbocycles. The predicted octanol–water partition coefficient (Wildman–Crippen LogP) is 2.33. The number of amides is 1. The molecule has 0 aliphatic carbocycles. The van der Waals surface area contributed by atoms with Gasteiger partial charge in [-0.2, -0.15) is 0 Å². The van der Waals surface area contributed by atoms with E-state index in [0.29, 0.717) is 0 Å². The van der Waals surface area contributed by atoms with Crippen LogP contribution in [0.25, 0.3) is 0 Å². The van der Waals surface area contributed by atoms with Gasteiger partial charge in [0.15, 0.2) is 5.82 Å². The highest BCUT2D eigenvalue weighted by Gasteiger charge is 2.27. The lowest BCUT2D eigenvalue weighted by Crippen LogP contribution is -2.39. The molecule has 0 saturated carbocycles. The molecule has 7 heteroatoms. The summed E-state index contributed by atoms with van der Waals surface area (Å²) in [6.07, 6.45) is 9.29. The average molecular weight is 352 g/mol. The number of rotatable bonds is 4. The van der Waals surface area contributed by atoms with Crippen LogP contribution in [0.4, 0.5) is 17.5 Å². The second-order valence-electron chi connectivity index (χ2n) is 6.87. The maximum Gasteiger partial charge on any atom is 0.227 e. The molecule has 0 atom stereocenters. The number of nitrogens with one attached hydrogen (secondary N) is 1. The molecule has 2 aliphatic rings. The van der Waals surface area contributed by atoms with Gasteiger partial charge in [-0.3, -0.25) is 4.79 Å². The molecule has 136 valence electrons. The number of piperidine rings is 1. The van der Waals surface area contributed by atoms with Gasteiger partial charge in [-0.25, -0.2) is 15.0 Å². The van der Waals surface area contributed by atoms with Crippen molar-refractivity contribution in [2.45, 2.75) is 25.7 Å². The van der Waals surface area contributed by atoms with E-state index in [9.17, 15) is 4.79 Å². The Kier molecular flexibility index (Phi) is 4.95. The van der Waals surface area contributed by atoms with Gasteiger partial charge in [0, 0.05) is 50.7 Å². The van der Waals surface area contributed by atoms with Crippen molar-refractivity contribution in [1.29, 1.82) is 0 Å². The number of pyridine rings is 1. The summed E-state index contributed by atoms with van der Waals surface area (Å²) in [5, 5.41) is 3.12. The highest BCUT2D eigenvalue weighted by atomic mass is 16.1. The van der Waals surface area contributed by atoms with Crippen molar-refractivity contribution in [3.05, 3.63) is 36.8 Å². The molecule has 4 rings (SSSR count). The van der Waals surface area contributed by atoms with Gasteiger partial charge in [0.05, 0.1) is 5.69 Å². The van der Waals surface area contributed by atoms with Crippen LogP contribution in [0.15, 0.2) is 36.8 Å². The summed E-state index contributed by atoms with van der Waals surface area (Å²) in [6.45, 7) is 3.62. The molecular formula is C19H24N6O. The van der Waals surface area contributed by atoms with Gasteiger partial charge in [0.1, 0.15) is 0 Å². The second kappa shape index (κ2) is 7.68. The maximum atomic E-state index is 12.8. The number of aromatic nitrogens is 3. The lowest BCUT2D eigenvalue weighted by molar-refractivity contribution is -0.120. The first-order chi connectivity index (χ1) is 12.8. The van der Waals surface area contributed by atoms with Gasteiger partial charge >= 0.3 is 0 Å². The number of hydrogen-bond donors (Lipinski definition) is 1. The van der Waals surface area contributed by atoms with Crippen molar-refractivity contribution < 1.29 is 4.79 Å². The second-order valence-corrected chi connectivity index (χ2v) is 6.87. The number of carbonyl (C=O) groups is 1. The molecular weight excluding hydrogens is 328 g/mol. The summed E-state index contributed by atoms with van der Waals surface area (Å²) in [7, 11) is 0. The van der Waals surface area contributed by atoms with Crippen LogP contribution in [0.3, 0.4) is 0 Å². The Hall–Kier alpha value is -2.70. The summed E-state index contributed by atoms with van der Waals surface area (Å²) >= 11 is 0. The summed E-state index contributed by atoms with van der Waals surface area (Å²) in [4.78, 5) is 30.3. The fourth-order valence-electron chi connectivity index (χ4n) is 3.71. The fraction of sp³-hybridized carbons (Fsp3) is 0.474. The Balaban J connectivity index is 1.38. The summed E-state index contributed by atoms with van der Waals surface area (Å²) in [6, 6.07) is 5.64. The molecule has 2 aliphatic heterocycles. The van der Waals surface area contributed by atoms with Gasteiger partial charge in [0.25, 0.3) is 0 Å². The van der Waals surface area contributed by atoms with Crippen LogP contribution in [-0.4, -0.2) is 47.0 Å². The van der Waals surface area contributed by atoms with Crippen LogP contribution in [-0.2, 0) is 4.79 Å². The molecule has 7 nitrogen and oxygen atoms in total. The average Bonchev–Trinajstić information content (AvgIpc) is 3.24. The quantitative estimate of drug-likeness (QED) is 0.910. The van der Waals surface area contributed by atoms with Crippen molar-refractivity contribution in [1.82, 2.24) is 15.0 Å². The predicted molar refractivity (Wildman–Crippen MR) is 101 cm³/mol. The summed E-state index contributed by atoms with van der Waals surface area (Å²) < 4.78 is 0. The van der Waals surface area contributed by atoms with Crippen LogP contribution in [0.2, 0.25) is 0 Å². The number of hydrogen-bond acceptors (Lipinski definition) is 6. The molecule has 2 aromatic rings. The smallest absolute Gasteiger partial charge is 0.227 e. The molecule has 0 spiro atoms. The van der Waals surface area contributed by atoms with E-state index in [-0.39, 0.29) is 11.8 Å². The molecule has 0 unspecified atom stereocenters. The topological polar surface area (TPSA) is 74.2 Å². The Labute approximate surface area is 153 Å². The van der Waals surface area contributed by atoms with E-state index in [2.05, 4.69) is 30.1 Å². The zero-order valence-corrected chi connectivity index (χ0v) is 14.8. The third kappa shape index (κ3) is 3.61. The van der Waals surface area contributed by atoms with Crippen LogP contribution < -0.4 is 15.1 Å². The van der Waals surface area contributed by atoms with Crippen molar-refractivity contribution in [2.75, 3.05) is 41.3 Å². The third-order valence-corrected chi connectivity index (χ3v) is 5.15. The molecule has 0 radical (unpaired) electrons. The number of carbonyl (C=O) groups excluding carboxylic acids is 1. The largest absolute Gasteiger partial charge is 0.355 e. The van der Waals surface area contributed by atoms with E-state index < -0.39 is 0 Å². The van der Waals surface area contributed by atoms with Crippen LogP contribution >= 0.6 is 0 Å². The van der Waals surface area contributed by atoms with Gasteiger partial charge in [-0.1, -0.05) is 0 Å². The molecule has 2 aromatic heterocycles. The monoisotopic (exact) mass is 352 g/mol. The van der Waals surface area contributed by atoms with E-state index in [4.69, 9.17) is 0 Å². The molecule has 1 amide bonds. The Morgan fingerprint density at radius 1 is 0.923 bits per heavy atom. The number of anilines is 3. The van der Waals surface area contributed by atoms with E-state index in [1.165, 1.54) is 12.8 Å². The fourth-order valence-corrected chi connectivity index (χ4v) is 3.71. The minimum atomic E-state index is 0.0154. The van der Waals surface area contributed by atoms with Crippen molar-refractivity contribution in [3.8, 4) is 0 Å². The minimum Gasteiger partial charge on any atom is -0.355 e. The Morgan fingerprint density at radius 3 is 2.35 bits per heavy atom. The van der Waals surface area contributed by atoms with Gasteiger partial charge in [-0.15, -0.1) is 0 Å². The van der Waals surface area contributed by atoms with Crippen molar-refractivity contribution >= 4 is 23.4 Å². The Bertz CT molecular complexity index is 739. The van der Waals surface area contributed by atoms with Crippen LogP contribution in [0, 0.1) is 5.92 Å². The molecule has 0 bridgehead atoms. The standard InChI is InChI=1S/C19H24N6O/c26-18(15-6-13-25(14-7-15)19-21-9-4-10-22-19)23-16-5-3-8-20-17(16)24-11-1-2-12-24/h3-5,8-10,15H,1-2,6-7,11-14H2,(H,23,26). The first-order valence-electron chi connectivity index (χ1n) is 9.34. The van der Waals surface area contributed by atoms with Crippen molar-refractivity contribution in [2.24, 2.45) is 5.92 Å². The molecule has 1 N–H and O–H groups in total. The number of nitrogens with zero attached hydrogens (tertiary/aromatic N) is 5. The summed E-state index contributed by atoms with van der Waals surface area (Å²) in [5.74, 6) is 1.75. The lowest BCUT2D eigenvalue weighted by Gasteiger charge is -2.31. The van der Waals surface area contributed by atoms with Gasteiger partial charge < -0.3 is 15.1 Å². The Morgan fingerprint density at radius 2 is 1.62 bits per heavy atom. The highest BCUT2D eigenvalue weighted by Crippen LogP contribution is 2.28. The normalized spacial score (nSPS) is 18.2. The SMILES string of the molecule is O=C(Nc1cccnc1N1CCCC1)C1CCN(c2ncccn2)CC1. The molecule has 26 heavy (non-hydrogen) atoms. The third-order valence-electron chi connectivity index (χ3n) is 5.15. The first-order valence-corrected chi connectivity index (χ1v) is 9.34. The van der Waals surface area contributed by atoms with Gasteiger partial charge in [-0.05, 0) is 43.9 Å². The molecule has 2 fully saturated rings. The molecule has 2 saturated heterocycles. The van der Waals surface area contributed by atoms with Crippen LogP contribution in [0.1, 0.15) is 25.7 Å². The van der Waals surface area contributed by atoms with Gasteiger partial charge in [0.2, 0.25) is 11.9 Å². The molecule has 4 heterocycles. The zero-order chi connectivity index (χ0) is 17.8. The van der Waals surface area contributed by atoms with E-state index >= 15 is 0 Å². The van der Waals surface area contributed by atoms with E-state index in [0.717, 1.165) is 56.5 Å². The first kappa shape index (κ1) is 16.8. The zero-order valence-electron chi connectivity index (χ0n) is 14.8. The van der Waals surface area contributed by atoms with E-state index in [1.54, 1.807) is 18.6 Å². The van der Waals surface area contributed by atoms with Crippen LogP contribution in [0.5, 0.6) is 0 Å². The summed E-state index contributed by atoms with van der Waals surface area (Å²) in [5.41, 5.74) is 0.827. The van der Waals surface area contributed by atoms with E-state index in [1.807, 2.05) is 18.2 Å². The maximum absolute atomic E-state index is 12.8. The minimum absolute atomic E-state index is 0.0154. The lowest BCUT2D eigenvalue weighted by atomic mass is 9.96. The van der Waals surface area contributed by atoms with Crippen molar-refractivity contribution in [3.63, 3.8) is 0 Å².